The molecule has 0 aromatic heterocycles. The number of hydrogen-bond acceptors (Lipinski definition) is 2. The molecule has 0 bridgehead atoms. The Kier molecular flexibility index (Phi) is 4.53. The zero-order valence-corrected chi connectivity index (χ0v) is 12.2. The summed E-state index contributed by atoms with van der Waals surface area (Å²) in [6, 6.07) is 11.5. The van der Waals surface area contributed by atoms with Crippen LogP contribution in [-0.4, -0.2) is 0 Å². The molecular formula is C17H21FN2. The number of halogens is 1. The molecule has 0 spiro atoms. The van der Waals surface area contributed by atoms with Crippen LogP contribution in [0.2, 0.25) is 0 Å². The third kappa shape index (κ3) is 3.24. The van der Waals surface area contributed by atoms with Crippen molar-refractivity contribution in [3.8, 4) is 0 Å². The van der Waals surface area contributed by atoms with Gasteiger partial charge in [-0.25, -0.2) is 4.39 Å². The predicted octanol–water partition coefficient (Wildman–Crippen LogP) is 3.50. The van der Waals surface area contributed by atoms with Crippen LogP contribution in [0.5, 0.6) is 0 Å². The van der Waals surface area contributed by atoms with E-state index in [-0.39, 0.29) is 11.9 Å². The Morgan fingerprint density at radius 3 is 2.40 bits per heavy atom. The minimum absolute atomic E-state index is 0.0920. The quantitative estimate of drug-likeness (QED) is 0.660. The van der Waals surface area contributed by atoms with Crippen molar-refractivity contribution in [2.75, 3.05) is 0 Å². The molecule has 0 amide bonds. The van der Waals surface area contributed by atoms with Crippen molar-refractivity contribution < 1.29 is 4.39 Å². The van der Waals surface area contributed by atoms with E-state index in [9.17, 15) is 4.39 Å². The Labute approximate surface area is 119 Å². The second-order valence-electron chi connectivity index (χ2n) is 5.36. The van der Waals surface area contributed by atoms with Gasteiger partial charge < -0.3 is 0 Å². The number of hydrogen-bond donors (Lipinski definition) is 2. The van der Waals surface area contributed by atoms with Gasteiger partial charge in [0, 0.05) is 0 Å². The number of benzene rings is 2. The standard InChI is InChI=1S/C17H21FN2/c1-11-4-5-12(2)15(8-11)10-17(20-19)14-7-6-13(3)16(18)9-14/h4-9,17,20H,10,19H2,1-3H3. The normalized spacial score (nSPS) is 12.4. The van der Waals surface area contributed by atoms with Crippen molar-refractivity contribution >= 4 is 0 Å². The number of rotatable bonds is 4. The molecule has 0 radical (unpaired) electrons. The summed E-state index contributed by atoms with van der Waals surface area (Å²) < 4.78 is 13.7. The van der Waals surface area contributed by atoms with Gasteiger partial charge in [0.05, 0.1) is 6.04 Å². The summed E-state index contributed by atoms with van der Waals surface area (Å²) in [5, 5.41) is 0. The number of nitrogens with one attached hydrogen (secondary N) is 1. The lowest BCUT2D eigenvalue weighted by atomic mass is 9.95. The Hall–Kier alpha value is -1.71. The van der Waals surface area contributed by atoms with Gasteiger partial charge in [0.1, 0.15) is 5.82 Å². The lowest BCUT2D eigenvalue weighted by Gasteiger charge is -2.18. The van der Waals surface area contributed by atoms with Crippen LogP contribution in [-0.2, 0) is 6.42 Å². The highest BCUT2D eigenvalue weighted by atomic mass is 19.1. The summed E-state index contributed by atoms with van der Waals surface area (Å²) >= 11 is 0. The maximum absolute atomic E-state index is 13.7. The van der Waals surface area contributed by atoms with Gasteiger partial charge in [-0.05, 0) is 55.5 Å². The lowest BCUT2D eigenvalue weighted by molar-refractivity contribution is 0.542. The summed E-state index contributed by atoms with van der Waals surface area (Å²) in [5.74, 6) is 5.47. The fourth-order valence-electron chi connectivity index (χ4n) is 2.34. The van der Waals surface area contributed by atoms with E-state index in [2.05, 4.69) is 37.5 Å². The fourth-order valence-corrected chi connectivity index (χ4v) is 2.34. The van der Waals surface area contributed by atoms with Gasteiger partial charge in [-0.3, -0.25) is 11.3 Å². The summed E-state index contributed by atoms with van der Waals surface area (Å²) in [7, 11) is 0. The predicted molar refractivity (Wildman–Crippen MR) is 80.8 cm³/mol. The van der Waals surface area contributed by atoms with Crippen LogP contribution in [0.25, 0.3) is 0 Å². The van der Waals surface area contributed by atoms with Crippen LogP contribution in [0, 0.1) is 26.6 Å². The molecule has 0 saturated heterocycles. The van der Waals surface area contributed by atoms with E-state index in [0.29, 0.717) is 5.56 Å². The van der Waals surface area contributed by atoms with Gasteiger partial charge in [-0.15, -0.1) is 0 Å². The molecule has 2 aromatic carbocycles. The van der Waals surface area contributed by atoms with Crippen molar-refractivity contribution in [1.82, 2.24) is 5.43 Å². The first kappa shape index (κ1) is 14.7. The van der Waals surface area contributed by atoms with Crippen LogP contribution in [0.3, 0.4) is 0 Å². The van der Waals surface area contributed by atoms with E-state index < -0.39 is 0 Å². The van der Waals surface area contributed by atoms with Gasteiger partial charge in [0.2, 0.25) is 0 Å². The van der Waals surface area contributed by atoms with E-state index in [4.69, 9.17) is 5.84 Å². The zero-order valence-electron chi connectivity index (χ0n) is 12.2. The first-order valence-corrected chi connectivity index (χ1v) is 6.79. The van der Waals surface area contributed by atoms with Crippen molar-refractivity contribution in [2.45, 2.75) is 33.2 Å². The number of aryl methyl sites for hydroxylation is 3. The second-order valence-corrected chi connectivity index (χ2v) is 5.36. The van der Waals surface area contributed by atoms with Crippen molar-refractivity contribution in [1.29, 1.82) is 0 Å². The third-order valence-electron chi connectivity index (χ3n) is 3.73. The summed E-state index contributed by atoms with van der Waals surface area (Å²) in [6.45, 7) is 5.91. The van der Waals surface area contributed by atoms with Crippen molar-refractivity contribution in [3.05, 3.63) is 70.0 Å². The Morgan fingerprint density at radius 1 is 1.05 bits per heavy atom. The third-order valence-corrected chi connectivity index (χ3v) is 3.73. The molecule has 20 heavy (non-hydrogen) atoms. The average molecular weight is 272 g/mol. The molecule has 1 unspecified atom stereocenters. The first-order valence-electron chi connectivity index (χ1n) is 6.79. The monoisotopic (exact) mass is 272 g/mol. The Morgan fingerprint density at radius 2 is 1.75 bits per heavy atom. The fraction of sp³-hybridized carbons (Fsp3) is 0.294. The van der Waals surface area contributed by atoms with Gasteiger partial charge in [-0.1, -0.05) is 35.9 Å². The highest BCUT2D eigenvalue weighted by Gasteiger charge is 2.13. The van der Waals surface area contributed by atoms with Crippen LogP contribution in [0.15, 0.2) is 36.4 Å². The number of nitrogens with two attached hydrogens (primary N) is 1. The highest BCUT2D eigenvalue weighted by molar-refractivity contribution is 5.33. The maximum Gasteiger partial charge on any atom is 0.126 e. The molecule has 0 aliphatic heterocycles. The topological polar surface area (TPSA) is 38.0 Å². The van der Waals surface area contributed by atoms with Gasteiger partial charge in [0.15, 0.2) is 0 Å². The second kappa shape index (κ2) is 6.16. The molecule has 1 atom stereocenters. The van der Waals surface area contributed by atoms with Gasteiger partial charge in [0.25, 0.3) is 0 Å². The Bertz CT molecular complexity index is 608. The maximum atomic E-state index is 13.7. The molecule has 0 aliphatic carbocycles. The average Bonchev–Trinajstić information content (AvgIpc) is 2.43. The van der Waals surface area contributed by atoms with Gasteiger partial charge in [-0.2, -0.15) is 0 Å². The summed E-state index contributed by atoms with van der Waals surface area (Å²) in [5.41, 5.74) is 7.99. The minimum Gasteiger partial charge on any atom is -0.271 e. The Balaban J connectivity index is 2.28. The lowest BCUT2D eigenvalue weighted by Crippen LogP contribution is -2.29. The van der Waals surface area contributed by atoms with E-state index in [1.165, 1.54) is 16.7 Å². The molecule has 106 valence electrons. The molecular weight excluding hydrogens is 251 g/mol. The van der Waals surface area contributed by atoms with Crippen molar-refractivity contribution in [2.24, 2.45) is 5.84 Å². The van der Waals surface area contributed by atoms with Crippen molar-refractivity contribution in [3.63, 3.8) is 0 Å². The largest absolute Gasteiger partial charge is 0.271 e. The van der Waals surface area contributed by atoms with E-state index in [0.717, 1.165) is 12.0 Å². The van der Waals surface area contributed by atoms with Gasteiger partial charge >= 0.3 is 0 Å². The highest BCUT2D eigenvalue weighted by Crippen LogP contribution is 2.22. The van der Waals surface area contributed by atoms with E-state index in [1.54, 1.807) is 19.1 Å². The van der Waals surface area contributed by atoms with Crippen LogP contribution in [0.4, 0.5) is 4.39 Å². The SMILES string of the molecule is Cc1ccc(C)c(CC(NN)c2ccc(C)c(F)c2)c1. The first-order chi connectivity index (χ1) is 9.51. The summed E-state index contributed by atoms with van der Waals surface area (Å²) in [6.07, 6.45) is 0.743. The molecule has 3 heteroatoms. The zero-order chi connectivity index (χ0) is 14.7. The number of hydrazine groups is 1. The molecule has 0 saturated carbocycles. The molecule has 0 heterocycles. The summed E-state index contributed by atoms with van der Waals surface area (Å²) in [4.78, 5) is 0. The smallest absolute Gasteiger partial charge is 0.126 e. The minimum atomic E-state index is -0.191. The van der Waals surface area contributed by atoms with E-state index >= 15 is 0 Å². The molecule has 2 aromatic rings. The molecule has 0 fully saturated rings. The van der Waals surface area contributed by atoms with Crippen LogP contribution < -0.4 is 11.3 Å². The molecule has 3 N–H and O–H groups in total. The van der Waals surface area contributed by atoms with Crippen LogP contribution >= 0.6 is 0 Å². The molecule has 0 aliphatic rings. The molecule has 2 nitrogen and oxygen atoms in total. The van der Waals surface area contributed by atoms with Crippen LogP contribution in [0.1, 0.15) is 33.9 Å². The molecule has 2 rings (SSSR count). The van der Waals surface area contributed by atoms with E-state index in [1.807, 2.05) is 6.07 Å².